The molecule has 0 bridgehead atoms. The molecular formula is C12H24N4. The Bertz CT molecular complexity index is 326. The molecule has 0 fully saturated rings. The Morgan fingerprint density at radius 3 is 2.44 bits per heavy atom. The Labute approximate surface area is 98.4 Å². The minimum Gasteiger partial charge on any atom is -0.309 e. The monoisotopic (exact) mass is 224 g/mol. The number of rotatable bonds is 5. The number of nitrogens with one attached hydrogen (secondary N) is 1. The second kappa shape index (κ2) is 4.95. The third-order valence-electron chi connectivity index (χ3n) is 3.24. The average Bonchev–Trinajstić information content (AvgIpc) is 2.63. The first-order chi connectivity index (χ1) is 7.34. The zero-order valence-electron chi connectivity index (χ0n) is 11.3. The Morgan fingerprint density at radius 1 is 1.31 bits per heavy atom. The Kier molecular flexibility index (Phi) is 4.08. The van der Waals surface area contributed by atoms with Crippen LogP contribution in [0.2, 0.25) is 0 Å². The highest BCUT2D eigenvalue weighted by Gasteiger charge is 2.25. The van der Waals surface area contributed by atoms with Gasteiger partial charge < -0.3 is 5.32 Å². The van der Waals surface area contributed by atoms with Crippen LogP contribution in [0.4, 0.5) is 0 Å². The van der Waals surface area contributed by atoms with E-state index in [1.165, 1.54) is 0 Å². The highest BCUT2D eigenvalue weighted by molar-refractivity contribution is 4.95. The fraction of sp³-hybridized carbons (Fsp3) is 0.833. The lowest BCUT2D eigenvalue weighted by Crippen LogP contribution is -2.32. The van der Waals surface area contributed by atoms with Gasteiger partial charge in [0.25, 0.3) is 0 Å². The van der Waals surface area contributed by atoms with Gasteiger partial charge in [-0.25, -0.2) is 4.68 Å². The predicted molar refractivity (Wildman–Crippen MR) is 66.2 cm³/mol. The van der Waals surface area contributed by atoms with Crippen molar-refractivity contribution in [3.05, 3.63) is 11.9 Å². The molecule has 16 heavy (non-hydrogen) atoms. The summed E-state index contributed by atoms with van der Waals surface area (Å²) < 4.78 is 1.97. The van der Waals surface area contributed by atoms with E-state index in [1.54, 1.807) is 0 Å². The number of nitrogens with zero attached hydrogens (tertiary/aromatic N) is 3. The van der Waals surface area contributed by atoms with Crippen LogP contribution in [-0.2, 0) is 12.1 Å². The van der Waals surface area contributed by atoms with E-state index in [0.29, 0.717) is 12.0 Å². The Balaban J connectivity index is 2.71. The lowest BCUT2D eigenvalue weighted by atomic mass is 9.91. The van der Waals surface area contributed by atoms with Crippen molar-refractivity contribution in [3.63, 3.8) is 0 Å². The van der Waals surface area contributed by atoms with E-state index in [2.05, 4.69) is 57.2 Å². The van der Waals surface area contributed by atoms with E-state index >= 15 is 0 Å². The van der Waals surface area contributed by atoms with Crippen molar-refractivity contribution in [1.82, 2.24) is 20.3 Å². The van der Waals surface area contributed by atoms with E-state index in [0.717, 1.165) is 12.2 Å². The summed E-state index contributed by atoms with van der Waals surface area (Å²) in [6.45, 7) is 13.8. The van der Waals surface area contributed by atoms with Crippen molar-refractivity contribution >= 4 is 0 Å². The SMILES string of the molecule is CC(C)NCc1cn(C(C)(C)C(C)C)nn1. The molecule has 0 amide bonds. The highest BCUT2D eigenvalue weighted by atomic mass is 15.4. The maximum absolute atomic E-state index is 4.21. The van der Waals surface area contributed by atoms with Crippen LogP contribution in [0, 0.1) is 5.92 Å². The summed E-state index contributed by atoms with van der Waals surface area (Å²) >= 11 is 0. The Hall–Kier alpha value is -0.900. The van der Waals surface area contributed by atoms with E-state index in [1.807, 2.05) is 10.9 Å². The van der Waals surface area contributed by atoms with Gasteiger partial charge in [-0.3, -0.25) is 0 Å². The average molecular weight is 224 g/mol. The fourth-order valence-corrected chi connectivity index (χ4v) is 1.23. The van der Waals surface area contributed by atoms with Crippen molar-refractivity contribution in [3.8, 4) is 0 Å². The minimum absolute atomic E-state index is 0.0169. The van der Waals surface area contributed by atoms with Gasteiger partial charge in [-0.2, -0.15) is 0 Å². The summed E-state index contributed by atoms with van der Waals surface area (Å²) in [5, 5.41) is 11.7. The van der Waals surface area contributed by atoms with Crippen LogP contribution in [-0.4, -0.2) is 21.0 Å². The quantitative estimate of drug-likeness (QED) is 0.833. The molecule has 0 radical (unpaired) electrons. The first kappa shape index (κ1) is 13.2. The molecule has 0 saturated carbocycles. The normalized spacial score (nSPS) is 12.8. The van der Waals surface area contributed by atoms with Crippen LogP contribution < -0.4 is 5.32 Å². The van der Waals surface area contributed by atoms with Gasteiger partial charge >= 0.3 is 0 Å². The second-order valence-corrected chi connectivity index (χ2v) is 5.50. The molecule has 0 aromatic carbocycles. The molecule has 4 heteroatoms. The fourth-order valence-electron chi connectivity index (χ4n) is 1.23. The topological polar surface area (TPSA) is 42.7 Å². The molecule has 0 aliphatic carbocycles. The third-order valence-corrected chi connectivity index (χ3v) is 3.24. The first-order valence-corrected chi connectivity index (χ1v) is 5.99. The van der Waals surface area contributed by atoms with Gasteiger partial charge in [0.15, 0.2) is 0 Å². The molecule has 0 spiro atoms. The molecule has 0 unspecified atom stereocenters. The molecule has 1 heterocycles. The molecule has 92 valence electrons. The summed E-state index contributed by atoms with van der Waals surface area (Å²) in [6.07, 6.45) is 2.04. The van der Waals surface area contributed by atoms with Gasteiger partial charge in [0.1, 0.15) is 0 Å². The molecule has 0 aliphatic rings. The smallest absolute Gasteiger partial charge is 0.0965 e. The van der Waals surface area contributed by atoms with Gasteiger partial charge in [-0.1, -0.05) is 32.9 Å². The number of hydrogen-bond donors (Lipinski definition) is 1. The first-order valence-electron chi connectivity index (χ1n) is 5.99. The van der Waals surface area contributed by atoms with Crippen LogP contribution >= 0.6 is 0 Å². The van der Waals surface area contributed by atoms with Crippen LogP contribution in [0.25, 0.3) is 0 Å². The second-order valence-electron chi connectivity index (χ2n) is 5.50. The van der Waals surface area contributed by atoms with E-state index < -0.39 is 0 Å². The molecule has 1 aromatic rings. The van der Waals surface area contributed by atoms with Gasteiger partial charge in [0.2, 0.25) is 0 Å². The molecule has 1 rings (SSSR count). The van der Waals surface area contributed by atoms with Crippen LogP contribution in [0.1, 0.15) is 47.2 Å². The molecule has 0 aliphatic heterocycles. The standard InChI is InChI=1S/C12H24N4/c1-9(2)12(5,6)16-8-11(14-15-16)7-13-10(3)4/h8-10,13H,7H2,1-6H3. The maximum atomic E-state index is 4.21. The van der Waals surface area contributed by atoms with Crippen LogP contribution in [0.5, 0.6) is 0 Å². The molecule has 1 N–H and O–H groups in total. The van der Waals surface area contributed by atoms with E-state index in [9.17, 15) is 0 Å². The van der Waals surface area contributed by atoms with Gasteiger partial charge in [0, 0.05) is 12.6 Å². The van der Waals surface area contributed by atoms with Gasteiger partial charge in [0.05, 0.1) is 17.4 Å². The van der Waals surface area contributed by atoms with Crippen molar-refractivity contribution in [2.24, 2.45) is 5.92 Å². The third kappa shape index (κ3) is 3.04. The van der Waals surface area contributed by atoms with E-state index in [-0.39, 0.29) is 5.54 Å². The van der Waals surface area contributed by atoms with E-state index in [4.69, 9.17) is 0 Å². The van der Waals surface area contributed by atoms with Gasteiger partial charge in [-0.15, -0.1) is 5.10 Å². The molecule has 4 nitrogen and oxygen atoms in total. The summed E-state index contributed by atoms with van der Waals surface area (Å²) in [7, 11) is 0. The van der Waals surface area contributed by atoms with Crippen molar-refractivity contribution in [2.75, 3.05) is 0 Å². The summed E-state index contributed by atoms with van der Waals surface area (Å²) in [4.78, 5) is 0. The largest absolute Gasteiger partial charge is 0.309 e. The van der Waals surface area contributed by atoms with Crippen molar-refractivity contribution < 1.29 is 0 Å². The lowest BCUT2D eigenvalue weighted by molar-refractivity contribution is 0.221. The van der Waals surface area contributed by atoms with Crippen molar-refractivity contribution in [2.45, 2.75) is 59.7 Å². The number of aromatic nitrogens is 3. The summed E-state index contributed by atoms with van der Waals surface area (Å²) in [5.41, 5.74) is 1.02. The summed E-state index contributed by atoms with van der Waals surface area (Å²) in [5.74, 6) is 0.528. The lowest BCUT2D eigenvalue weighted by Gasteiger charge is -2.28. The number of hydrogen-bond acceptors (Lipinski definition) is 3. The zero-order chi connectivity index (χ0) is 12.3. The maximum Gasteiger partial charge on any atom is 0.0965 e. The minimum atomic E-state index is 0.0169. The summed E-state index contributed by atoms with van der Waals surface area (Å²) in [6, 6.07) is 0.475. The molecular weight excluding hydrogens is 200 g/mol. The molecule has 1 aromatic heterocycles. The highest BCUT2D eigenvalue weighted by Crippen LogP contribution is 2.23. The van der Waals surface area contributed by atoms with Crippen LogP contribution in [0.15, 0.2) is 6.20 Å². The molecule has 0 saturated heterocycles. The van der Waals surface area contributed by atoms with Crippen LogP contribution in [0.3, 0.4) is 0 Å². The zero-order valence-corrected chi connectivity index (χ0v) is 11.3. The van der Waals surface area contributed by atoms with Gasteiger partial charge in [-0.05, 0) is 19.8 Å². The Morgan fingerprint density at radius 2 is 1.94 bits per heavy atom. The van der Waals surface area contributed by atoms with Crippen molar-refractivity contribution in [1.29, 1.82) is 0 Å². The predicted octanol–water partition coefficient (Wildman–Crippen LogP) is 2.17. The molecule has 0 atom stereocenters.